The zero-order valence-corrected chi connectivity index (χ0v) is 11.2. The topological polar surface area (TPSA) is 49.4 Å². The van der Waals surface area contributed by atoms with Crippen LogP contribution in [0.15, 0.2) is 0 Å². The molecule has 2 unspecified atom stereocenters. The summed E-state index contributed by atoms with van der Waals surface area (Å²) < 4.78 is 11.3. The first-order valence-corrected chi connectivity index (χ1v) is 7.40. The molecule has 16 heavy (non-hydrogen) atoms. The van der Waals surface area contributed by atoms with E-state index in [0.29, 0.717) is 30.6 Å². The van der Waals surface area contributed by atoms with E-state index in [1.165, 1.54) is 0 Å². The molecule has 2 atom stereocenters. The van der Waals surface area contributed by atoms with Crippen LogP contribution in [-0.4, -0.2) is 45.8 Å². The standard InChI is InChI=1S/C11H22N2O2S/c1-4-16(15)6-5-13-8-12-10(11(13)14)7-9(2)3/h9-10,12H,4-8H2,1-3H3. The third kappa shape index (κ3) is 3.87. The Kier molecular flexibility index (Phi) is 5.41. The molecule has 1 aliphatic heterocycles. The number of nitrogens with one attached hydrogen (secondary N) is 1. The maximum atomic E-state index is 11.9. The zero-order valence-electron chi connectivity index (χ0n) is 10.4. The molecule has 0 bridgehead atoms. The van der Waals surface area contributed by atoms with Gasteiger partial charge in [0.15, 0.2) is 0 Å². The fraction of sp³-hybridized carbons (Fsp3) is 0.909. The van der Waals surface area contributed by atoms with Crippen molar-refractivity contribution in [3.8, 4) is 0 Å². The Hall–Kier alpha value is -0.420. The summed E-state index contributed by atoms with van der Waals surface area (Å²) in [5.74, 6) is 1.96. The van der Waals surface area contributed by atoms with Gasteiger partial charge < -0.3 is 4.90 Å². The minimum atomic E-state index is -0.782. The molecule has 1 aliphatic rings. The highest BCUT2D eigenvalue weighted by Gasteiger charge is 2.30. The van der Waals surface area contributed by atoms with Crippen molar-refractivity contribution in [2.75, 3.05) is 24.7 Å². The lowest BCUT2D eigenvalue weighted by atomic mass is 10.0. The van der Waals surface area contributed by atoms with Crippen molar-refractivity contribution in [1.82, 2.24) is 10.2 Å². The molecule has 1 heterocycles. The maximum absolute atomic E-state index is 11.9. The lowest BCUT2D eigenvalue weighted by molar-refractivity contribution is -0.128. The van der Waals surface area contributed by atoms with Crippen LogP contribution < -0.4 is 5.32 Å². The molecule has 1 N–H and O–H groups in total. The van der Waals surface area contributed by atoms with E-state index in [1.807, 2.05) is 6.92 Å². The second-order valence-corrected chi connectivity index (χ2v) is 6.44. The molecular weight excluding hydrogens is 224 g/mol. The number of carbonyl (C=O) groups excluding carboxylic acids is 1. The minimum absolute atomic E-state index is 0.0324. The zero-order chi connectivity index (χ0) is 12.1. The van der Waals surface area contributed by atoms with Crippen molar-refractivity contribution in [2.24, 2.45) is 5.92 Å². The van der Waals surface area contributed by atoms with Gasteiger partial charge in [0.05, 0.1) is 12.7 Å². The number of carbonyl (C=O) groups is 1. The van der Waals surface area contributed by atoms with Gasteiger partial charge in [0, 0.05) is 28.9 Å². The van der Waals surface area contributed by atoms with Crippen molar-refractivity contribution in [1.29, 1.82) is 0 Å². The predicted octanol–water partition coefficient (Wildman–Crippen LogP) is 0.559. The molecule has 4 nitrogen and oxygen atoms in total. The van der Waals surface area contributed by atoms with Gasteiger partial charge in [0.1, 0.15) is 0 Å². The Balaban J connectivity index is 2.36. The third-order valence-electron chi connectivity index (χ3n) is 2.76. The normalized spacial score (nSPS) is 23.1. The van der Waals surface area contributed by atoms with Gasteiger partial charge in [-0.3, -0.25) is 14.3 Å². The molecule has 1 fully saturated rings. The maximum Gasteiger partial charge on any atom is 0.240 e. The Labute approximate surface area is 100 Å². The van der Waals surface area contributed by atoms with Crippen LogP contribution in [0.1, 0.15) is 27.2 Å². The van der Waals surface area contributed by atoms with Crippen molar-refractivity contribution in [3.63, 3.8) is 0 Å². The Morgan fingerprint density at radius 1 is 1.56 bits per heavy atom. The molecule has 0 aromatic rings. The Bertz CT molecular complexity index is 269. The number of nitrogens with zero attached hydrogens (tertiary/aromatic N) is 1. The summed E-state index contributed by atoms with van der Waals surface area (Å²) in [7, 11) is -0.782. The quantitative estimate of drug-likeness (QED) is 0.745. The molecule has 0 spiro atoms. The van der Waals surface area contributed by atoms with Gasteiger partial charge >= 0.3 is 0 Å². The lowest BCUT2D eigenvalue weighted by Crippen LogP contribution is -2.33. The molecule has 1 saturated heterocycles. The molecule has 0 aromatic heterocycles. The summed E-state index contributed by atoms with van der Waals surface area (Å²) in [5.41, 5.74) is 0. The first kappa shape index (κ1) is 13.6. The number of hydrogen-bond acceptors (Lipinski definition) is 3. The molecule has 0 saturated carbocycles. The monoisotopic (exact) mass is 246 g/mol. The average Bonchev–Trinajstić information content (AvgIpc) is 2.56. The van der Waals surface area contributed by atoms with Gasteiger partial charge in [-0.1, -0.05) is 20.8 Å². The predicted molar refractivity (Wildman–Crippen MR) is 66.5 cm³/mol. The Morgan fingerprint density at radius 3 is 2.81 bits per heavy atom. The van der Waals surface area contributed by atoms with Gasteiger partial charge in [-0.05, 0) is 12.3 Å². The van der Waals surface area contributed by atoms with Crippen LogP contribution in [0.4, 0.5) is 0 Å². The number of amides is 1. The molecular formula is C11H22N2O2S. The number of hydrogen-bond donors (Lipinski definition) is 1. The molecule has 1 rings (SSSR count). The van der Waals surface area contributed by atoms with Gasteiger partial charge in [0.2, 0.25) is 5.91 Å². The van der Waals surface area contributed by atoms with Crippen LogP contribution in [0.2, 0.25) is 0 Å². The van der Waals surface area contributed by atoms with Gasteiger partial charge in [-0.15, -0.1) is 0 Å². The van der Waals surface area contributed by atoms with Crippen LogP contribution in [0.5, 0.6) is 0 Å². The lowest BCUT2D eigenvalue weighted by Gasteiger charge is -2.15. The van der Waals surface area contributed by atoms with E-state index >= 15 is 0 Å². The second-order valence-electron chi connectivity index (χ2n) is 4.58. The fourth-order valence-electron chi connectivity index (χ4n) is 1.81. The first-order valence-electron chi connectivity index (χ1n) is 5.91. The largest absolute Gasteiger partial charge is 0.328 e. The summed E-state index contributed by atoms with van der Waals surface area (Å²) >= 11 is 0. The van der Waals surface area contributed by atoms with Crippen molar-refractivity contribution in [3.05, 3.63) is 0 Å². The molecule has 1 amide bonds. The highest BCUT2D eigenvalue weighted by atomic mass is 32.2. The minimum Gasteiger partial charge on any atom is -0.328 e. The summed E-state index contributed by atoms with van der Waals surface area (Å²) in [6, 6.07) is -0.0324. The fourth-order valence-corrected chi connectivity index (χ4v) is 2.52. The van der Waals surface area contributed by atoms with Gasteiger partial charge in [-0.25, -0.2) is 0 Å². The van der Waals surface area contributed by atoms with Crippen LogP contribution in [0.3, 0.4) is 0 Å². The van der Waals surface area contributed by atoms with Gasteiger partial charge in [-0.2, -0.15) is 0 Å². The van der Waals surface area contributed by atoms with E-state index in [0.717, 1.165) is 6.42 Å². The van der Waals surface area contributed by atoms with E-state index < -0.39 is 10.8 Å². The SMILES string of the molecule is CCS(=O)CCN1CNC(CC(C)C)C1=O. The van der Waals surface area contributed by atoms with E-state index in [-0.39, 0.29) is 11.9 Å². The van der Waals surface area contributed by atoms with Crippen molar-refractivity contribution in [2.45, 2.75) is 33.2 Å². The molecule has 0 radical (unpaired) electrons. The van der Waals surface area contributed by atoms with Crippen LogP contribution in [-0.2, 0) is 15.6 Å². The van der Waals surface area contributed by atoms with Crippen molar-refractivity contribution < 1.29 is 9.00 Å². The summed E-state index contributed by atoms with van der Waals surface area (Å²) in [6.45, 7) is 7.35. The number of rotatable bonds is 6. The van der Waals surface area contributed by atoms with Gasteiger partial charge in [0.25, 0.3) is 0 Å². The van der Waals surface area contributed by atoms with Crippen LogP contribution in [0.25, 0.3) is 0 Å². The highest BCUT2D eigenvalue weighted by molar-refractivity contribution is 7.84. The van der Waals surface area contributed by atoms with E-state index in [4.69, 9.17) is 0 Å². The van der Waals surface area contributed by atoms with E-state index in [2.05, 4.69) is 19.2 Å². The van der Waals surface area contributed by atoms with E-state index in [1.54, 1.807) is 4.90 Å². The smallest absolute Gasteiger partial charge is 0.240 e. The molecule has 0 aromatic carbocycles. The Morgan fingerprint density at radius 2 is 2.25 bits per heavy atom. The molecule has 5 heteroatoms. The van der Waals surface area contributed by atoms with E-state index in [9.17, 15) is 9.00 Å². The molecule has 94 valence electrons. The molecule has 0 aliphatic carbocycles. The first-order chi connectivity index (χ1) is 7.54. The van der Waals surface area contributed by atoms with Crippen LogP contribution in [0, 0.1) is 5.92 Å². The summed E-state index contributed by atoms with van der Waals surface area (Å²) in [4.78, 5) is 13.7. The van der Waals surface area contributed by atoms with Crippen LogP contribution >= 0.6 is 0 Å². The van der Waals surface area contributed by atoms with Crippen molar-refractivity contribution >= 4 is 16.7 Å². The average molecular weight is 246 g/mol. The summed E-state index contributed by atoms with van der Waals surface area (Å²) in [5, 5.41) is 3.21. The summed E-state index contributed by atoms with van der Waals surface area (Å²) in [6.07, 6.45) is 0.881. The highest BCUT2D eigenvalue weighted by Crippen LogP contribution is 2.12. The third-order valence-corrected chi connectivity index (χ3v) is 4.04. The second kappa shape index (κ2) is 6.35.